The molecule has 1 N–H and O–H groups in total. The van der Waals surface area contributed by atoms with Gasteiger partial charge < -0.3 is 9.84 Å². The van der Waals surface area contributed by atoms with Crippen molar-refractivity contribution in [2.45, 2.75) is 6.61 Å². The van der Waals surface area contributed by atoms with Crippen molar-refractivity contribution in [3.8, 4) is 11.8 Å². The van der Waals surface area contributed by atoms with Crippen LogP contribution < -0.4 is 0 Å². The third-order valence-electron chi connectivity index (χ3n) is 1.26. The van der Waals surface area contributed by atoms with E-state index in [1.165, 1.54) is 11.3 Å². The van der Waals surface area contributed by atoms with Crippen molar-refractivity contribution in [3.63, 3.8) is 0 Å². The molecule has 68 valence electrons. The van der Waals surface area contributed by atoms with Gasteiger partial charge in [-0.2, -0.15) is 0 Å². The van der Waals surface area contributed by atoms with Gasteiger partial charge in [0.25, 0.3) is 0 Å². The first-order valence-electron chi connectivity index (χ1n) is 3.53. The van der Waals surface area contributed by atoms with Crippen molar-refractivity contribution in [1.82, 2.24) is 0 Å². The summed E-state index contributed by atoms with van der Waals surface area (Å²) in [4.78, 5) is 10.9. The molecule has 0 amide bonds. The average Bonchev–Trinajstić information content (AvgIpc) is 2.50. The summed E-state index contributed by atoms with van der Waals surface area (Å²) in [7, 11) is 1.61. The highest BCUT2D eigenvalue weighted by molar-refractivity contribution is 7.10. The molecule has 0 aliphatic rings. The van der Waals surface area contributed by atoms with E-state index in [4.69, 9.17) is 9.84 Å². The van der Waals surface area contributed by atoms with E-state index in [1.54, 1.807) is 7.11 Å². The number of carboxylic acid groups (broad SMARTS) is 1. The molecule has 0 bridgehead atoms. The van der Waals surface area contributed by atoms with Crippen LogP contribution in [0.4, 0.5) is 0 Å². The van der Waals surface area contributed by atoms with Crippen LogP contribution in [0.15, 0.2) is 11.4 Å². The minimum Gasteiger partial charge on any atom is -0.472 e. The van der Waals surface area contributed by atoms with Crippen molar-refractivity contribution < 1.29 is 14.6 Å². The number of hydrogen-bond acceptors (Lipinski definition) is 3. The molecule has 0 aromatic carbocycles. The van der Waals surface area contributed by atoms with Crippen molar-refractivity contribution >= 4 is 17.3 Å². The van der Waals surface area contributed by atoms with Crippen molar-refractivity contribution in [2.24, 2.45) is 0 Å². The Morgan fingerprint density at radius 2 is 2.54 bits per heavy atom. The molecule has 0 saturated heterocycles. The van der Waals surface area contributed by atoms with E-state index in [0.29, 0.717) is 6.61 Å². The molecule has 1 aromatic heterocycles. The normalized spacial score (nSPS) is 9.00. The van der Waals surface area contributed by atoms with Gasteiger partial charge in [-0.3, -0.25) is 0 Å². The Bertz CT molecular complexity index is 356. The minimum atomic E-state index is -1.11. The quantitative estimate of drug-likeness (QED) is 0.726. The molecule has 0 atom stereocenters. The zero-order chi connectivity index (χ0) is 9.68. The van der Waals surface area contributed by atoms with Crippen LogP contribution in [-0.2, 0) is 16.1 Å². The lowest BCUT2D eigenvalue weighted by atomic mass is 10.3. The Morgan fingerprint density at radius 3 is 3.15 bits per heavy atom. The van der Waals surface area contributed by atoms with Gasteiger partial charge in [0.15, 0.2) is 0 Å². The number of thiophene rings is 1. The molecule has 1 aromatic rings. The van der Waals surface area contributed by atoms with Gasteiger partial charge in [-0.15, -0.1) is 11.3 Å². The number of carboxylic acids is 1. The van der Waals surface area contributed by atoms with E-state index in [-0.39, 0.29) is 0 Å². The number of rotatable bonds is 2. The van der Waals surface area contributed by atoms with Gasteiger partial charge in [-0.05, 0) is 22.9 Å². The topological polar surface area (TPSA) is 46.5 Å². The fourth-order valence-corrected chi connectivity index (χ4v) is 1.54. The summed E-state index contributed by atoms with van der Waals surface area (Å²) >= 11 is 1.41. The molecule has 1 heterocycles. The van der Waals surface area contributed by atoms with Crippen LogP contribution in [-0.4, -0.2) is 18.2 Å². The van der Waals surface area contributed by atoms with Crippen molar-refractivity contribution in [1.29, 1.82) is 0 Å². The lowest BCUT2D eigenvalue weighted by molar-refractivity contribution is -0.130. The monoisotopic (exact) mass is 196 g/mol. The van der Waals surface area contributed by atoms with E-state index < -0.39 is 5.97 Å². The van der Waals surface area contributed by atoms with Gasteiger partial charge in [0.1, 0.15) is 0 Å². The molecule has 1 rings (SSSR count). The zero-order valence-corrected chi connectivity index (χ0v) is 7.85. The first-order valence-corrected chi connectivity index (χ1v) is 4.41. The summed E-state index contributed by atoms with van der Waals surface area (Å²) in [6, 6.07) is 1.82. The largest absolute Gasteiger partial charge is 0.472 e. The van der Waals surface area contributed by atoms with E-state index in [1.807, 2.05) is 11.4 Å². The maximum Gasteiger partial charge on any atom is 0.382 e. The van der Waals surface area contributed by atoms with E-state index in [9.17, 15) is 4.79 Å². The summed E-state index contributed by atoms with van der Waals surface area (Å²) in [5.74, 6) is 3.48. The first-order chi connectivity index (χ1) is 6.22. The maximum absolute atomic E-state index is 10.1. The van der Waals surface area contributed by atoms with Gasteiger partial charge in [0, 0.05) is 13.0 Å². The van der Waals surface area contributed by atoms with Crippen LogP contribution in [0.1, 0.15) is 10.4 Å². The molecule has 3 nitrogen and oxygen atoms in total. The Morgan fingerprint density at radius 1 is 1.77 bits per heavy atom. The standard InChI is InChI=1S/C9H8O3S/c1-12-5-7-4-8(13-6-7)2-3-9(10)11/h4,6H,5H2,1H3,(H,10,11). The number of aliphatic carboxylic acids is 1. The van der Waals surface area contributed by atoms with Gasteiger partial charge in [0.2, 0.25) is 0 Å². The maximum atomic E-state index is 10.1. The molecule has 0 saturated carbocycles. The van der Waals surface area contributed by atoms with E-state index in [2.05, 4.69) is 11.8 Å². The van der Waals surface area contributed by atoms with Crippen molar-refractivity contribution in [2.75, 3.05) is 7.11 Å². The van der Waals surface area contributed by atoms with Crippen LogP contribution in [0, 0.1) is 11.8 Å². The molecule has 4 heteroatoms. The lowest BCUT2D eigenvalue weighted by Gasteiger charge is -1.89. The minimum absolute atomic E-state index is 0.533. The fraction of sp³-hybridized carbons (Fsp3) is 0.222. The Hall–Kier alpha value is -1.31. The van der Waals surface area contributed by atoms with Crippen LogP contribution in [0.25, 0.3) is 0 Å². The highest BCUT2D eigenvalue weighted by Crippen LogP contribution is 2.13. The molecule has 0 fully saturated rings. The molecular formula is C9H8O3S. The summed E-state index contributed by atoms with van der Waals surface area (Å²) in [5.41, 5.74) is 1.02. The van der Waals surface area contributed by atoms with Gasteiger partial charge in [-0.1, -0.05) is 0 Å². The van der Waals surface area contributed by atoms with E-state index in [0.717, 1.165) is 10.4 Å². The predicted octanol–water partition coefficient (Wildman–Crippen LogP) is 1.33. The van der Waals surface area contributed by atoms with Gasteiger partial charge in [-0.25, -0.2) is 4.79 Å². The molecule has 0 unspecified atom stereocenters. The lowest BCUT2D eigenvalue weighted by Crippen LogP contribution is -1.86. The predicted molar refractivity (Wildman–Crippen MR) is 49.5 cm³/mol. The van der Waals surface area contributed by atoms with Crippen LogP contribution in [0.3, 0.4) is 0 Å². The molecule has 0 spiro atoms. The third-order valence-corrected chi connectivity index (χ3v) is 2.15. The van der Waals surface area contributed by atoms with Crippen LogP contribution >= 0.6 is 11.3 Å². The second kappa shape index (κ2) is 4.65. The summed E-state index contributed by atoms with van der Waals surface area (Å²) < 4.78 is 4.91. The third kappa shape index (κ3) is 3.28. The first kappa shape index (κ1) is 9.78. The number of methoxy groups -OCH3 is 1. The molecular weight excluding hydrogens is 188 g/mol. The molecule has 0 aliphatic heterocycles. The summed E-state index contributed by atoms with van der Waals surface area (Å²) in [6.07, 6.45) is 0. The fourth-order valence-electron chi connectivity index (χ4n) is 0.799. The highest BCUT2D eigenvalue weighted by atomic mass is 32.1. The second-order valence-electron chi connectivity index (χ2n) is 2.31. The number of ether oxygens (including phenoxy) is 1. The summed E-state index contributed by atoms with van der Waals surface area (Å²) in [6.45, 7) is 0.533. The summed E-state index contributed by atoms with van der Waals surface area (Å²) in [5, 5.41) is 10.2. The Balaban J connectivity index is 2.70. The molecule has 0 aliphatic carbocycles. The zero-order valence-electron chi connectivity index (χ0n) is 7.03. The molecule has 13 heavy (non-hydrogen) atoms. The van der Waals surface area contributed by atoms with E-state index >= 15 is 0 Å². The average molecular weight is 196 g/mol. The number of hydrogen-bond donors (Lipinski definition) is 1. The Labute approximate surface area is 80.0 Å². The van der Waals surface area contributed by atoms with Crippen LogP contribution in [0.5, 0.6) is 0 Å². The Kier molecular flexibility index (Phi) is 3.50. The SMILES string of the molecule is COCc1csc(C#CC(=O)O)c1. The van der Waals surface area contributed by atoms with Crippen LogP contribution in [0.2, 0.25) is 0 Å². The van der Waals surface area contributed by atoms with Crippen molar-refractivity contribution in [3.05, 3.63) is 21.9 Å². The second-order valence-corrected chi connectivity index (χ2v) is 3.22. The highest BCUT2D eigenvalue weighted by Gasteiger charge is 1.96. The molecule has 0 radical (unpaired) electrons. The van der Waals surface area contributed by atoms with Gasteiger partial charge >= 0.3 is 5.97 Å². The smallest absolute Gasteiger partial charge is 0.382 e. The van der Waals surface area contributed by atoms with Gasteiger partial charge in [0.05, 0.1) is 11.5 Å². The number of carbonyl (C=O) groups is 1.